The molecule has 0 saturated heterocycles. The van der Waals surface area contributed by atoms with E-state index in [9.17, 15) is 4.79 Å². The van der Waals surface area contributed by atoms with Crippen LogP contribution in [0.25, 0.3) is 11.0 Å². The highest BCUT2D eigenvalue weighted by Crippen LogP contribution is 2.17. The van der Waals surface area contributed by atoms with Crippen LogP contribution in [-0.4, -0.2) is 21.2 Å². The van der Waals surface area contributed by atoms with Gasteiger partial charge in [-0.1, -0.05) is 46.3 Å². The Bertz CT molecular complexity index is 930. The molecule has 1 N–H and O–H groups in total. The van der Waals surface area contributed by atoms with Gasteiger partial charge in [0, 0.05) is 10.0 Å². The van der Waals surface area contributed by atoms with Crippen LogP contribution in [0.1, 0.15) is 18.3 Å². The van der Waals surface area contributed by atoms with E-state index in [1.807, 2.05) is 66.9 Å². The third-order valence-corrected chi connectivity index (χ3v) is 4.45. The molecule has 1 aromatic heterocycles. The predicted molar refractivity (Wildman–Crippen MR) is 99.0 cm³/mol. The van der Waals surface area contributed by atoms with Crippen LogP contribution in [0, 0.1) is 6.92 Å². The summed E-state index contributed by atoms with van der Waals surface area (Å²) in [6, 6.07) is 15.5. The first-order valence-electron chi connectivity index (χ1n) is 7.56. The Morgan fingerprint density at radius 1 is 1.21 bits per heavy atom. The number of benzene rings is 2. The number of halogens is 1. The van der Waals surface area contributed by atoms with Gasteiger partial charge in [0.1, 0.15) is 12.4 Å². The first kappa shape index (κ1) is 16.4. The summed E-state index contributed by atoms with van der Waals surface area (Å²) >= 11 is 3.48. The van der Waals surface area contributed by atoms with Gasteiger partial charge in [0.05, 0.1) is 16.7 Å². The molecule has 0 aliphatic carbocycles. The number of nitrogens with one attached hydrogen (secondary N) is 1. The fourth-order valence-electron chi connectivity index (χ4n) is 2.54. The van der Waals surface area contributed by atoms with Crippen LogP contribution >= 0.6 is 15.9 Å². The number of carbonyl (C=O) groups excluding carboxylic acids is 1. The number of aromatic nitrogens is 2. The van der Waals surface area contributed by atoms with Gasteiger partial charge in [0.2, 0.25) is 0 Å². The first-order chi connectivity index (χ1) is 11.6. The summed E-state index contributed by atoms with van der Waals surface area (Å²) < 4.78 is 2.82. The minimum absolute atomic E-state index is 0.180. The standard InChI is InChI=1S/C18H17BrN4O/c1-12(14-7-3-4-8-15(14)19)21-22-18(24)11-23-13(2)20-16-9-5-6-10-17(16)23/h3-10H,11H2,1-2H3,(H,22,24)/b21-12+. The summed E-state index contributed by atoms with van der Waals surface area (Å²) in [5.41, 5.74) is 6.13. The van der Waals surface area contributed by atoms with Gasteiger partial charge in [0.25, 0.3) is 5.91 Å². The van der Waals surface area contributed by atoms with Crippen molar-refractivity contribution in [1.29, 1.82) is 0 Å². The summed E-state index contributed by atoms with van der Waals surface area (Å²) in [6.07, 6.45) is 0. The topological polar surface area (TPSA) is 59.3 Å². The largest absolute Gasteiger partial charge is 0.319 e. The Morgan fingerprint density at radius 3 is 2.71 bits per heavy atom. The molecule has 1 heterocycles. The number of para-hydroxylation sites is 2. The van der Waals surface area contributed by atoms with Crippen LogP contribution in [0.3, 0.4) is 0 Å². The number of hydrazone groups is 1. The second-order valence-electron chi connectivity index (χ2n) is 5.45. The van der Waals surface area contributed by atoms with Crippen LogP contribution in [0.5, 0.6) is 0 Å². The van der Waals surface area contributed by atoms with Crippen LogP contribution in [-0.2, 0) is 11.3 Å². The van der Waals surface area contributed by atoms with E-state index in [-0.39, 0.29) is 12.5 Å². The van der Waals surface area contributed by atoms with Crippen molar-refractivity contribution >= 4 is 38.6 Å². The zero-order chi connectivity index (χ0) is 17.1. The number of nitrogens with zero attached hydrogens (tertiary/aromatic N) is 3. The molecular weight excluding hydrogens is 368 g/mol. The fraction of sp³-hybridized carbons (Fsp3) is 0.167. The lowest BCUT2D eigenvalue weighted by atomic mass is 10.1. The molecule has 3 aromatic rings. The van der Waals surface area contributed by atoms with Gasteiger partial charge in [-0.05, 0) is 32.0 Å². The highest BCUT2D eigenvalue weighted by Gasteiger charge is 2.10. The molecule has 0 saturated carbocycles. The van der Waals surface area contributed by atoms with E-state index in [1.165, 1.54) is 0 Å². The smallest absolute Gasteiger partial charge is 0.260 e. The van der Waals surface area contributed by atoms with Gasteiger partial charge in [-0.25, -0.2) is 10.4 Å². The third-order valence-electron chi connectivity index (χ3n) is 3.76. The second-order valence-corrected chi connectivity index (χ2v) is 6.30. The molecule has 0 fully saturated rings. The number of imidazole rings is 1. The number of carbonyl (C=O) groups is 1. The Kier molecular flexibility index (Phi) is 4.76. The van der Waals surface area contributed by atoms with Crippen molar-refractivity contribution in [2.24, 2.45) is 5.10 Å². The molecule has 0 bridgehead atoms. The molecule has 0 aliphatic heterocycles. The second kappa shape index (κ2) is 6.97. The monoisotopic (exact) mass is 384 g/mol. The Morgan fingerprint density at radius 2 is 1.92 bits per heavy atom. The Balaban J connectivity index is 1.75. The van der Waals surface area contributed by atoms with Crippen molar-refractivity contribution in [3.05, 3.63) is 64.4 Å². The SMILES string of the molecule is C/C(=N\NC(=O)Cn1c(C)nc2ccccc21)c1ccccc1Br. The van der Waals surface area contributed by atoms with Crippen molar-refractivity contribution < 1.29 is 4.79 Å². The van der Waals surface area contributed by atoms with Crippen molar-refractivity contribution in [3.63, 3.8) is 0 Å². The van der Waals surface area contributed by atoms with E-state index in [0.29, 0.717) is 0 Å². The molecule has 0 radical (unpaired) electrons. The van der Waals surface area contributed by atoms with E-state index in [0.717, 1.165) is 32.6 Å². The van der Waals surface area contributed by atoms with Crippen LogP contribution in [0.4, 0.5) is 0 Å². The summed E-state index contributed by atoms with van der Waals surface area (Å²) in [7, 11) is 0. The lowest BCUT2D eigenvalue weighted by molar-refractivity contribution is -0.121. The Hall–Kier alpha value is -2.47. The van der Waals surface area contributed by atoms with Gasteiger partial charge in [-0.2, -0.15) is 5.10 Å². The van der Waals surface area contributed by atoms with Crippen molar-refractivity contribution in [1.82, 2.24) is 15.0 Å². The molecule has 0 atom stereocenters. The number of fused-ring (bicyclic) bond motifs is 1. The van der Waals surface area contributed by atoms with E-state index in [1.54, 1.807) is 0 Å². The zero-order valence-electron chi connectivity index (χ0n) is 13.5. The summed E-state index contributed by atoms with van der Waals surface area (Å²) in [5.74, 6) is 0.616. The summed E-state index contributed by atoms with van der Waals surface area (Å²) in [4.78, 5) is 16.7. The highest BCUT2D eigenvalue weighted by molar-refractivity contribution is 9.10. The number of hydrogen-bond donors (Lipinski definition) is 1. The molecular formula is C18H17BrN4O. The molecule has 1 amide bonds. The van der Waals surface area contributed by atoms with E-state index < -0.39 is 0 Å². The maximum atomic E-state index is 12.2. The molecule has 0 spiro atoms. The molecule has 2 aromatic carbocycles. The van der Waals surface area contributed by atoms with Gasteiger partial charge >= 0.3 is 0 Å². The number of aryl methyl sites for hydroxylation is 1. The van der Waals surface area contributed by atoms with Gasteiger partial charge in [-0.3, -0.25) is 4.79 Å². The number of amides is 1. The maximum absolute atomic E-state index is 12.2. The molecule has 24 heavy (non-hydrogen) atoms. The minimum Gasteiger partial charge on any atom is -0.319 e. The molecule has 5 nitrogen and oxygen atoms in total. The van der Waals surface area contributed by atoms with Gasteiger partial charge in [0.15, 0.2) is 0 Å². The predicted octanol–water partition coefficient (Wildman–Crippen LogP) is 3.65. The van der Waals surface area contributed by atoms with E-state index in [2.05, 4.69) is 31.4 Å². The molecule has 122 valence electrons. The molecule has 3 rings (SSSR count). The number of rotatable bonds is 4. The highest BCUT2D eigenvalue weighted by atomic mass is 79.9. The minimum atomic E-state index is -0.187. The third kappa shape index (κ3) is 3.38. The quantitative estimate of drug-likeness (QED) is 0.551. The van der Waals surface area contributed by atoms with Crippen molar-refractivity contribution in [3.8, 4) is 0 Å². The van der Waals surface area contributed by atoms with Crippen molar-refractivity contribution in [2.75, 3.05) is 0 Å². The van der Waals surface area contributed by atoms with Crippen molar-refractivity contribution in [2.45, 2.75) is 20.4 Å². The van der Waals surface area contributed by atoms with Gasteiger partial charge < -0.3 is 4.57 Å². The normalized spacial score (nSPS) is 11.7. The zero-order valence-corrected chi connectivity index (χ0v) is 15.0. The maximum Gasteiger partial charge on any atom is 0.260 e. The molecule has 6 heteroatoms. The average molecular weight is 385 g/mol. The summed E-state index contributed by atoms with van der Waals surface area (Å²) in [5, 5.41) is 4.20. The lowest BCUT2D eigenvalue weighted by Gasteiger charge is -2.07. The first-order valence-corrected chi connectivity index (χ1v) is 8.35. The van der Waals surface area contributed by atoms with E-state index in [4.69, 9.17) is 0 Å². The van der Waals surface area contributed by atoms with Gasteiger partial charge in [-0.15, -0.1) is 0 Å². The van der Waals surface area contributed by atoms with Crippen LogP contribution in [0.2, 0.25) is 0 Å². The van der Waals surface area contributed by atoms with Crippen LogP contribution in [0.15, 0.2) is 58.1 Å². The molecule has 0 unspecified atom stereocenters. The Labute approximate surface area is 148 Å². The van der Waals surface area contributed by atoms with Crippen LogP contribution < -0.4 is 5.43 Å². The lowest BCUT2D eigenvalue weighted by Crippen LogP contribution is -2.24. The fourth-order valence-corrected chi connectivity index (χ4v) is 3.11. The van der Waals surface area contributed by atoms with E-state index >= 15 is 0 Å². The summed E-state index contributed by atoms with van der Waals surface area (Å²) in [6.45, 7) is 3.93. The number of hydrogen-bond acceptors (Lipinski definition) is 3. The average Bonchev–Trinajstić information content (AvgIpc) is 2.89. The molecule has 0 aliphatic rings.